The highest BCUT2D eigenvalue weighted by molar-refractivity contribution is 5.82. The lowest BCUT2D eigenvalue weighted by molar-refractivity contribution is 0.111. The molecule has 4 nitrogen and oxygen atoms in total. The van der Waals surface area contributed by atoms with Crippen molar-refractivity contribution in [2.24, 2.45) is 0 Å². The van der Waals surface area contributed by atoms with E-state index in [1.165, 1.54) is 11.6 Å². The minimum absolute atomic E-state index is 0.188. The normalized spacial score (nSPS) is 11.0. The van der Waals surface area contributed by atoms with E-state index in [1.807, 2.05) is 13.0 Å². The van der Waals surface area contributed by atoms with E-state index in [4.69, 9.17) is 9.15 Å². The molecule has 0 bridgehead atoms. The first-order valence-electron chi connectivity index (χ1n) is 8.24. The molecule has 3 aromatic rings. The van der Waals surface area contributed by atoms with E-state index in [-0.39, 0.29) is 6.61 Å². The van der Waals surface area contributed by atoms with Gasteiger partial charge in [-0.3, -0.25) is 4.79 Å². The average molecular weight is 336 g/mol. The molecule has 4 heteroatoms. The third kappa shape index (κ3) is 3.48. The van der Waals surface area contributed by atoms with Crippen LogP contribution in [0.2, 0.25) is 0 Å². The molecule has 0 saturated heterocycles. The number of hydrogen-bond donors (Lipinski definition) is 0. The summed E-state index contributed by atoms with van der Waals surface area (Å²) in [6.45, 7) is 6.46. The van der Waals surface area contributed by atoms with Crippen LogP contribution >= 0.6 is 0 Å². The standard InChI is InChI=1S/C21H20O4/c1-13(2)17-10-18-16(9-21(23)25-20(18)8-14(17)3)12-24-19-7-5-4-6-15(19)11-22/h4-11,13H,12H2,1-3H3. The van der Waals surface area contributed by atoms with E-state index in [1.54, 1.807) is 24.3 Å². The lowest BCUT2D eigenvalue weighted by Crippen LogP contribution is -2.06. The summed E-state index contributed by atoms with van der Waals surface area (Å²) < 4.78 is 11.1. The molecule has 0 N–H and O–H groups in total. The smallest absolute Gasteiger partial charge is 0.336 e. The SMILES string of the molecule is Cc1cc2oc(=O)cc(COc3ccccc3C=O)c2cc1C(C)C. The molecule has 0 aliphatic rings. The van der Waals surface area contributed by atoms with Crippen LogP contribution in [0.15, 0.2) is 51.7 Å². The second kappa shape index (κ2) is 6.93. The largest absolute Gasteiger partial charge is 0.488 e. The number of hydrogen-bond acceptors (Lipinski definition) is 4. The van der Waals surface area contributed by atoms with Crippen molar-refractivity contribution in [3.05, 3.63) is 75.1 Å². The molecule has 1 aromatic heterocycles. The fourth-order valence-corrected chi connectivity index (χ4v) is 3.00. The molecule has 3 rings (SSSR count). The minimum atomic E-state index is -0.411. The fourth-order valence-electron chi connectivity index (χ4n) is 3.00. The Morgan fingerprint density at radius 3 is 2.64 bits per heavy atom. The van der Waals surface area contributed by atoms with Gasteiger partial charge in [0.1, 0.15) is 17.9 Å². The van der Waals surface area contributed by atoms with Gasteiger partial charge in [-0.15, -0.1) is 0 Å². The van der Waals surface area contributed by atoms with Gasteiger partial charge in [0.2, 0.25) is 0 Å². The first-order chi connectivity index (χ1) is 12.0. The monoisotopic (exact) mass is 336 g/mol. The van der Waals surface area contributed by atoms with Crippen molar-refractivity contribution in [3.8, 4) is 5.75 Å². The van der Waals surface area contributed by atoms with Gasteiger partial charge >= 0.3 is 5.63 Å². The summed E-state index contributed by atoms with van der Waals surface area (Å²) in [7, 11) is 0. The average Bonchev–Trinajstić information content (AvgIpc) is 2.58. The Hall–Kier alpha value is -2.88. The first kappa shape index (κ1) is 17.0. The molecule has 0 saturated carbocycles. The Bertz CT molecular complexity index is 983. The van der Waals surface area contributed by atoms with Crippen LogP contribution < -0.4 is 10.4 Å². The van der Waals surface area contributed by atoms with E-state index >= 15 is 0 Å². The highest BCUT2D eigenvalue weighted by Gasteiger charge is 2.12. The fraction of sp³-hybridized carbons (Fsp3) is 0.238. The Kier molecular flexibility index (Phi) is 4.70. The number of para-hydroxylation sites is 1. The van der Waals surface area contributed by atoms with Gasteiger partial charge < -0.3 is 9.15 Å². The maximum Gasteiger partial charge on any atom is 0.336 e. The number of ether oxygens (including phenoxy) is 1. The summed E-state index contributed by atoms with van der Waals surface area (Å²) in [4.78, 5) is 23.0. The Morgan fingerprint density at radius 2 is 1.92 bits per heavy atom. The maximum atomic E-state index is 11.9. The lowest BCUT2D eigenvalue weighted by atomic mass is 9.95. The summed E-state index contributed by atoms with van der Waals surface area (Å²) in [5.74, 6) is 0.857. The topological polar surface area (TPSA) is 56.5 Å². The van der Waals surface area contributed by atoms with Gasteiger partial charge in [0.05, 0.1) is 5.56 Å². The van der Waals surface area contributed by atoms with Crippen molar-refractivity contribution in [3.63, 3.8) is 0 Å². The Balaban J connectivity index is 2.04. The second-order valence-corrected chi connectivity index (χ2v) is 6.39. The Labute approximate surface area is 146 Å². The van der Waals surface area contributed by atoms with Crippen LogP contribution in [-0.4, -0.2) is 6.29 Å². The highest BCUT2D eigenvalue weighted by Crippen LogP contribution is 2.27. The van der Waals surface area contributed by atoms with Crippen LogP contribution in [0.3, 0.4) is 0 Å². The first-order valence-corrected chi connectivity index (χ1v) is 8.24. The molecule has 1 heterocycles. The van der Waals surface area contributed by atoms with Crippen molar-refractivity contribution in [2.45, 2.75) is 33.3 Å². The van der Waals surface area contributed by atoms with Crippen LogP contribution in [0, 0.1) is 6.92 Å². The molecular formula is C21H20O4. The molecule has 25 heavy (non-hydrogen) atoms. The number of aryl methyl sites for hydroxylation is 1. The van der Waals surface area contributed by atoms with E-state index in [0.717, 1.165) is 22.8 Å². The lowest BCUT2D eigenvalue weighted by Gasteiger charge is -2.14. The van der Waals surface area contributed by atoms with Crippen molar-refractivity contribution in [2.75, 3.05) is 0 Å². The van der Waals surface area contributed by atoms with Gasteiger partial charge in [-0.2, -0.15) is 0 Å². The quantitative estimate of drug-likeness (QED) is 0.504. The van der Waals surface area contributed by atoms with E-state index in [9.17, 15) is 9.59 Å². The van der Waals surface area contributed by atoms with Crippen LogP contribution in [0.4, 0.5) is 0 Å². The van der Waals surface area contributed by atoms with Gasteiger partial charge in [-0.1, -0.05) is 26.0 Å². The van der Waals surface area contributed by atoms with Crippen molar-refractivity contribution in [1.82, 2.24) is 0 Å². The molecule has 0 radical (unpaired) electrons. The third-order valence-electron chi connectivity index (χ3n) is 4.27. The highest BCUT2D eigenvalue weighted by atomic mass is 16.5. The van der Waals surface area contributed by atoms with Crippen LogP contribution in [-0.2, 0) is 6.61 Å². The predicted molar refractivity (Wildman–Crippen MR) is 97.5 cm³/mol. The maximum absolute atomic E-state index is 11.9. The molecule has 0 aliphatic heterocycles. The van der Waals surface area contributed by atoms with Gasteiger partial charge in [0.25, 0.3) is 0 Å². The molecule has 0 aliphatic carbocycles. The van der Waals surface area contributed by atoms with Crippen LogP contribution in [0.25, 0.3) is 11.0 Å². The molecule has 0 atom stereocenters. The van der Waals surface area contributed by atoms with Crippen molar-refractivity contribution >= 4 is 17.3 Å². The summed E-state index contributed by atoms with van der Waals surface area (Å²) in [5, 5.41) is 0.859. The van der Waals surface area contributed by atoms with E-state index < -0.39 is 5.63 Å². The molecular weight excluding hydrogens is 316 g/mol. The number of carbonyl (C=O) groups excluding carboxylic acids is 1. The zero-order valence-corrected chi connectivity index (χ0v) is 14.5. The van der Waals surface area contributed by atoms with Crippen molar-refractivity contribution < 1.29 is 13.9 Å². The molecule has 128 valence electrons. The zero-order valence-electron chi connectivity index (χ0n) is 14.5. The van der Waals surface area contributed by atoms with Crippen molar-refractivity contribution in [1.29, 1.82) is 0 Å². The molecule has 0 spiro atoms. The summed E-state index contributed by atoms with van der Waals surface area (Å²) in [6, 6.07) is 12.4. The summed E-state index contributed by atoms with van der Waals surface area (Å²) in [5.41, 5.74) is 3.66. The number of fused-ring (bicyclic) bond motifs is 1. The number of aldehydes is 1. The van der Waals surface area contributed by atoms with Crippen LogP contribution in [0.1, 0.15) is 46.8 Å². The van der Waals surface area contributed by atoms with Gasteiger partial charge in [0.15, 0.2) is 6.29 Å². The van der Waals surface area contributed by atoms with Crippen LogP contribution in [0.5, 0.6) is 5.75 Å². The minimum Gasteiger partial charge on any atom is -0.488 e. The molecule has 0 amide bonds. The second-order valence-electron chi connectivity index (χ2n) is 6.39. The molecule has 0 unspecified atom stereocenters. The summed E-state index contributed by atoms with van der Waals surface area (Å²) in [6.07, 6.45) is 0.757. The van der Waals surface area contributed by atoms with Gasteiger partial charge in [-0.05, 0) is 48.2 Å². The van der Waals surface area contributed by atoms with Gasteiger partial charge in [-0.25, -0.2) is 4.79 Å². The Morgan fingerprint density at radius 1 is 1.16 bits per heavy atom. The predicted octanol–water partition coefficient (Wildman–Crippen LogP) is 4.62. The third-order valence-corrected chi connectivity index (χ3v) is 4.27. The molecule has 2 aromatic carbocycles. The van der Waals surface area contributed by atoms with Gasteiger partial charge in [0, 0.05) is 17.0 Å². The van der Waals surface area contributed by atoms with E-state index in [2.05, 4.69) is 19.9 Å². The number of rotatable bonds is 5. The van der Waals surface area contributed by atoms with E-state index in [0.29, 0.717) is 22.8 Å². The molecule has 0 fully saturated rings. The number of benzene rings is 2. The zero-order chi connectivity index (χ0) is 18.0. The number of carbonyl (C=O) groups is 1. The summed E-state index contributed by atoms with van der Waals surface area (Å²) >= 11 is 0.